The maximum atomic E-state index is 14.1. The maximum absolute atomic E-state index is 14.1. The fraction of sp³-hybridized carbons (Fsp3) is 0.345. The van der Waals surface area contributed by atoms with Crippen LogP contribution in [0, 0.1) is 11.7 Å². The summed E-state index contributed by atoms with van der Waals surface area (Å²) >= 11 is 3.12. The predicted octanol–water partition coefficient (Wildman–Crippen LogP) is 6.17. The van der Waals surface area contributed by atoms with Crippen LogP contribution in [0.4, 0.5) is 17.6 Å². The normalized spacial score (nSPS) is 17.5. The number of nitrogens with zero attached hydrogens (tertiary/aromatic N) is 3. The zero-order valence-electron chi connectivity index (χ0n) is 22.0. The van der Waals surface area contributed by atoms with E-state index in [0.717, 1.165) is 17.3 Å². The van der Waals surface area contributed by atoms with Crippen LogP contribution in [0.5, 0.6) is 11.5 Å². The van der Waals surface area contributed by atoms with E-state index >= 15 is 0 Å². The van der Waals surface area contributed by atoms with E-state index < -0.39 is 35.0 Å². The van der Waals surface area contributed by atoms with Crippen LogP contribution in [0.3, 0.4) is 0 Å². The molecule has 5 rings (SSSR count). The minimum atomic E-state index is -4.95. The number of methoxy groups -OCH3 is 1. The van der Waals surface area contributed by atoms with Gasteiger partial charge in [-0.2, -0.15) is 18.3 Å². The minimum absolute atomic E-state index is 0.0677. The minimum Gasteiger partial charge on any atom is -0.497 e. The second-order valence-corrected chi connectivity index (χ2v) is 10.9. The summed E-state index contributed by atoms with van der Waals surface area (Å²) in [6.45, 7) is 0.152. The molecule has 1 fully saturated rings. The lowest BCUT2D eigenvalue weighted by molar-refractivity contribution is -0.141. The van der Waals surface area contributed by atoms with Crippen LogP contribution in [0.15, 0.2) is 68.9 Å². The Kier molecular flexibility index (Phi) is 8.21. The number of pyridine rings is 1. The van der Waals surface area contributed by atoms with Gasteiger partial charge in [0.1, 0.15) is 11.6 Å². The summed E-state index contributed by atoms with van der Waals surface area (Å²) in [5.41, 5.74) is -2.46. The van der Waals surface area contributed by atoms with E-state index in [1.54, 1.807) is 36.5 Å². The van der Waals surface area contributed by atoms with Crippen molar-refractivity contribution in [1.82, 2.24) is 14.3 Å². The first kappa shape index (κ1) is 28.8. The monoisotopic (exact) mass is 635 g/mol. The van der Waals surface area contributed by atoms with Gasteiger partial charge in [0, 0.05) is 12.7 Å². The summed E-state index contributed by atoms with van der Waals surface area (Å²) in [6.07, 6.45) is -0.688. The van der Waals surface area contributed by atoms with Gasteiger partial charge in [-0.3, -0.25) is 9.59 Å². The molecule has 2 aromatic heterocycles. The van der Waals surface area contributed by atoms with Crippen molar-refractivity contribution in [2.75, 3.05) is 7.11 Å². The van der Waals surface area contributed by atoms with Crippen molar-refractivity contribution in [3.63, 3.8) is 0 Å². The number of ether oxygens (including phenoxy) is 2. The van der Waals surface area contributed by atoms with Gasteiger partial charge in [0.2, 0.25) is 0 Å². The van der Waals surface area contributed by atoms with Crippen molar-refractivity contribution in [1.29, 1.82) is 0 Å². The number of alkyl halides is 3. The molecule has 0 saturated heterocycles. The summed E-state index contributed by atoms with van der Waals surface area (Å²) in [5.74, 6) is -0.643. The summed E-state index contributed by atoms with van der Waals surface area (Å²) in [4.78, 5) is 25.9. The Balaban J connectivity index is 1.34. The summed E-state index contributed by atoms with van der Waals surface area (Å²) in [7, 11) is 1.49. The van der Waals surface area contributed by atoms with Gasteiger partial charge in [-0.15, -0.1) is 0 Å². The first-order valence-corrected chi connectivity index (χ1v) is 13.8. The van der Waals surface area contributed by atoms with E-state index in [4.69, 9.17) is 9.47 Å². The molecule has 2 aromatic carbocycles. The highest BCUT2D eigenvalue weighted by atomic mass is 79.9. The number of benzene rings is 2. The number of rotatable bonds is 7. The third-order valence-corrected chi connectivity index (χ3v) is 7.89. The van der Waals surface area contributed by atoms with Gasteiger partial charge in [0.25, 0.3) is 11.1 Å². The van der Waals surface area contributed by atoms with Gasteiger partial charge in [-0.05, 0) is 88.8 Å². The highest BCUT2D eigenvalue weighted by Gasteiger charge is 2.40. The molecule has 41 heavy (non-hydrogen) atoms. The summed E-state index contributed by atoms with van der Waals surface area (Å²) in [5, 5.41) is 4.80. The zero-order chi connectivity index (χ0) is 29.3. The van der Waals surface area contributed by atoms with E-state index in [-0.39, 0.29) is 27.9 Å². The molecule has 216 valence electrons. The van der Waals surface area contributed by atoms with Crippen LogP contribution in [-0.4, -0.2) is 27.6 Å². The van der Waals surface area contributed by atoms with Crippen LogP contribution < -0.4 is 20.6 Å². The molecule has 1 saturated carbocycles. The quantitative estimate of drug-likeness (QED) is 0.227. The van der Waals surface area contributed by atoms with Gasteiger partial charge in [-0.25, -0.2) is 9.07 Å². The van der Waals surface area contributed by atoms with Crippen LogP contribution >= 0.6 is 15.9 Å². The number of halogens is 5. The second kappa shape index (κ2) is 11.7. The van der Waals surface area contributed by atoms with Crippen LogP contribution in [0.2, 0.25) is 0 Å². The summed E-state index contributed by atoms with van der Waals surface area (Å²) in [6, 6.07) is 11.0. The topological polar surface area (TPSA) is 75.3 Å². The van der Waals surface area contributed by atoms with Crippen LogP contribution in [-0.2, 0) is 19.3 Å². The molecule has 4 aromatic rings. The lowest BCUT2D eigenvalue weighted by Gasteiger charge is -2.30. The van der Waals surface area contributed by atoms with E-state index in [0.29, 0.717) is 42.5 Å². The molecule has 12 heteroatoms. The number of hydrogen-bond donors (Lipinski definition) is 0. The van der Waals surface area contributed by atoms with Gasteiger partial charge >= 0.3 is 6.18 Å². The van der Waals surface area contributed by atoms with E-state index in [1.807, 2.05) is 0 Å². The van der Waals surface area contributed by atoms with E-state index in [1.165, 1.54) is 23.8 Å². The Morgan fingerprint density at radius 1 is 1.07 bits per heavy atom. The Morgan fingerprint density at radius 3 is 2.54 bits per heavy atom. The third kappa shape index (κ3) is 6.32. The van der Waals surface area contributed by atoms with Gasteiger partial charge < -0.3 is 14.0 Å². The van der Waals surface area contributed by atoms with E-state index in [9.17, 15) is 27.2 Å². The molecule has 1 aliphatic carbocycles. The molecule has 0 radical (unpaired) electrons. The smallest absolute Gasteiger partial charge is 0.425 e. The van der Waals surface area contributed by atoms with Crippen molar-refractivity contribution in [3.8, 4) is 11.5 Å². The van der Waals surface area contributed by atoms with Crippen molar-refractivity contribution < 1.29 is 27.0 Å². The number of fused-ring (bicyclic) bond motifs is 1. The fourth-order valence-corrected chi connectivity index (χ4v) is 5.60. The standard InChI is InChI=1S/C29H26BrF4N3O4/c1-40-20-7-5-17(6-8-20)16-37-28(39)26(29(32,33)34)25(14-35-37)41-21-4-2-3-18(11-21)15-36-10-9-19-12-23(30)24(31)13-22(19)27(36)38/h5-10,12-14,18,21H,2-4,11,15-16H2,1H3/t18-,21+/m1/s1. The Hall–Kier alpha value is -3.67. The van der Waals surface area contributed by atoms with Crippen molar-refractivity contribution in [3.05, 3.63) is 97.0 Å². The molecule has 7 nitrogen and oxygen atoms in total. The molecule has 0 bridgehead atoms. The van der Waals surface area contributed by atoms with Crippen LogP contribution in [0.1, 0.15) is 36.8 Å². The molecule has 0 N–H and O–H groups in total. The lowest BCUT2D eigenvalue weighted by atomic mass is 9.87. The second-order valence-electron chi connectivity index (χ2n) is 10.1. The Bertz CT molecular complexity index is 1690. The molecule has 0 unspecified atom stereocenters. The number of aromatic nitrogens is 3. The van der Waals surface area contributed by atoms with Gasteiger partial charge in [0.05, 0.1) is 35.8 Å². The third-order valence-electron chi connectivity index (χ3n) is 7.28. The molecule has 2 atom stereocenters. The molecule has 1 aliphatic rings. The number of hydrogen-bond acceptors (Lipinski definition) is 5. The first-order valence-electron chi connectivity index (χ1n) is 13.0. The molecule has 2 heterocycles. The van der Waals surface area contributed by atoms with Crippen molar-refractivity contribution in [2.45, 2.75) is 51.1 Å². The molecule has 0 spiro atoms. The maximum Gasteiger partial charge on any atom is 0.425 e. The highest BCUT2D eigenvalue weighted by molar-refractivity contribution is 9.10. The first-order chi connectivity index (χ1) is 19.5. The molecular formula is C29H26BrF4N3O4. The predicted molar refractivity (Wildman–Crippen MR) is 148 cm³/mol. The summed E-state index contributed by atoms with van der Waals surface area (Å²) < 4.78 is 69.6. The molecular weight excluding hydrogens is 610 g/mol. The van der Waals surface area contributed by atoms with Gasteiger partial charge in [0.15, 0.2) is 11.3 Å². The fourth-order valence-electron chi connectivity index (χ4n) is 5.23. The lowest BCUT2D eigenvalue weighted by Crippen LogP contribution is -2.34. The zero-order valence-corrected chi connectivity index (χ0v) is 23.5. The van der Waals surface area contributed by atoms with Crippen molar-refractivity contribution in [2.24, 2.45) is 5.92 Å². The van der Waals surface area contributed by atoms with Gasteiger partial charge in [-0.1, -0.05) is 12.1 Å². The van der Waals surface area contributed by atoms with Crippen LogP contribution in [0.25, 0.3) is 10.8 Å². The largest absolute Gasteiger partial charge is 0.497 e. The average molecular weight is 636 g/mol. The SMILES string of the molecule is COc1ccc(Cn2ncc(O[C@H]3CCC[C@@H](Cn4ccc5cc(Br)c(F)cc5c4=O)C3)c(C(F)(F)F)c2=O)cc1. The Morgan fingerprint density at radius 2 is 1.83 bits per heavy atom. The average Bonchev–Trinajstić information content (AvgIpc) is 2.93. The van der Waals surface area contributed by atoms with Crippen molar-refractivity contribution >= 4 is 26.7 Å². The van der Waals surface area contributed by atoms with E-state index in [2.05, 4.69) is 21.0 Å². The molecule has 0 amide bonds. The highest BCUT2D eigenvalue weighted by Crippen LogP contribution is 2.36. The molecule has 0 aliphatic heterocycles. The Labute approximate surface area is 240 Å².